The third-order valence-electron chi connectivity index (χ3n) is 7.06. The molecule has 0 saturated heterocycles. The second-order valence-corrected chi connectivity index (χ2v) is 9.95. The Morgan fingerprint density at radius 1 is 0.667 bits per heavy atom. The van der Waals surface area contributed by atoms with Gasteiger partial charge in [0.15, 0.2) is 0 Å². The number of hydrogen-bond donors (Lipinski definition) is 2. The summed E-state index contributed by atoms with van der Waals surface area (Å²) in [5.74, 6) is 0. The van der Waals surface area contributed by atoms with E-state index in [1.54, 1.807) is 18.5 Å². The topological polar surface area (TPSA) is 75.7 Å². The van der Waals surface area contributed by atoms with E-state index in [1.165, 1.54) is 12.4 Å². The van der Waals surface area contributed by atoms with Crippen LogP contribution in [0.25, 0.3) is 55.7 Å². The fraction of sp³-hybridized carbons (Fsp3) is 0.0263. The minimum Gasteiger partial charge on any atom is -0.405 e. The molecule has 204 valence electrons. The van der Waals surface area contributed by atoms with Gasteiger partial charge in [0, 0.05) is 42.1 Å². The Hall–Kier alpha value is -5.61. The van der Waals surface area contributed by atoms with Gasteiger partial charge in [0.2, 0.25) is 0 Å². The number of benzene rings is 3. The molecule has 3 N–H and O–H groups in total. The van der Waals surface area contributed by atoms with Gasteiger partial charge in [0.1, 0.15) is 0 Å². The van der Waals surface area contributed by atoms with Gasteiger partial charge in [-0.2, -0.15) is 0 Å². The molecule has 0 aliphatic carbocycles. The van der Waals surface area contributed by atoms with Crippen molar-refractivity contribution in [3.05, 3.63) is 158 Å². The van der Waals surface area contributed by atoms with Crippen LogP contribution in [0.4, 0.5) is 0 Å². The number of nitrogens with one attached hydrogen (secondary N) is 1. The number of nitrogens with two attached hydrogens (primary N) is 1. The average Bonchev–Trinajstić information content (AvgIpc) is 3.06. The highest BCUT2D eigenvalue weighted by Gasteiger charge is 2.11. The Labute approximate surface area is 247 Å². The van der Waals surface area contributed by atoms with E-state index >= 15 is 0 Å². The number of pyridine rings is 2. The van der Waals surface area contributed by atoms with Crippen LogP contribution in [0.5, 0.6) is 0 Å². The lowest BCUT2D eigenvalue weighted by Crippen LogP contribution is -1.90. The van der Waals surface area contributed by atoms with Crippen molar-refractivity contribution in [2.45, 2.75) is 6.92 Å². The van der Waals surface area contributed by atoms with Crippen molar-refractivity contribution < 1.29 is 0 Å². The second kappa shape index (κ2) is 13.2. The fourth-order valence-electron chi connectivity index (χ4n) is 4.84. The smallest absolute Gasteiger partial charge is 0.0346 e. The molecule has 0 bridgehead atoms. The Morgan fingerprint density at radius 3 is 1.74 bits per heavy atom. The maximum absolute atomic E-state index is 7.38. The molecule has 0 fully saturated rings. The third-order valence-corrected chi connectivity index (χ3v) is 7.06. The minimum atomic E-state index is 0.838. The highest BCUT2D eigenvalue weighted by molar-refractivity contribution is 5.86. The molecule has 0 aliphatic rings. The summed E-state index contributed by atoms with van der Waals surface area (Å²) >= 11 is 0. The SMILES string of the molecule is C=C(/C=C\C=N)c1cc(/C(C)=C/C=C\N)cc(-c2cccc(-c3cc(-c4cccnc4)cc(-c4cccnc4)c3)c2)c1. The van der Waals surface area contributed by atoms with Crippen LogP contribution in [-0.4, -0.2) is 16.2 Å². The van der Waals surface area contributed by atoms with Crippen molar-refractivity contribution in [3.8, 4) is 44.5 Å². The van der Waals surface area contributed by atoms with Gasteiger partial charge in [-0.15, -0.1) is 0 Å². The van der Waals surface area contributed by atoms with Crippen molar-refractivity contribution in [2.24, 2.45) is 5.73 Å². The normalized spacial score (nSPS) is 11.7. The lowest BCUT2D eigenvalue weighted by molar-refractivity contribution is 1.32. The summed E-state index contributed by atoms with van der Waals surface area (Å²) in [6.45, 7) is 6.32. The molecule has 5 aromatic rings. The van der Waals surface area contributed by atoms with E-state index in [2.05, 4.69) is 96.3 Å². The predicted molar refractivity (Wildman–Crippen MR) is 178 cm³/mol. The molecule has 5 rings (SSSR count). The third kappa shape index (κ3) is 6.57. The summed E-state index contributed by atoms with van der Waals surface area (Å²) in [6, 6.07) is 29.8. The first-order chi connectivity index (χ1) is 20.6. The fourth-order valence-corrected chi connectivity index (χ4v) is 4.84. The quantitative estimate of drug-likeness (QED) is 0.143. The zero-order valence-corrected chi connectivity index (χ0v) is 23.5. The van der Waals surface area contributed by atoms with Crippen LogP contribution in [0.15, 0.2) is 147 Å². The number of nitrogens with zero attached hydrogens (tertiary/aromatic N) is 2. The molecule has 3 aromatic carbocycles. The van der Waals surface area contributed by atoms with E-state index in [9.17, 15) is 0 Å². The molecule has 4 nitrogen and oxygen atoms in total. The minimum absolute atomic E-state index is 0.838. The Morgan fingerprint density at radius 2 is 1.19 bits per heavy atom. The van der Waals surface area contributed by atoms with Crippen molar-refractivity contribution in [3.63, 3.8) is 0 Å². The van der Waals surface area contributed by atoms with Gasteiger partial charge in [-0.3, -0.25) is 9.97 Å². The zero-order chi connectivity index (χ0) is 29.3. The van der Waals surface area contributed by atoms with Gasteiger partial charge in [0.05, 0.1) is 0 Å². The summed E-state index contributed by atoms with van der Waals surface area (Å²) in [5.41, 5.74) is 18.3. The first kappa shape index (κ1) is 27.9. The molecule has 2 heterocycles. The summed E-state index contributed by atoms with van der Waals surface area (Å²) in [7, 11) is 0. The van der Waals surface area contributed by atoms with Crippen LogP contribution in [0, 0.1) is 5.41 Å². The Kier molecular flexibility index (Phi) is 8.76. The molecule has 0 atom stereocenters. The maximum Gasteiger partial charge on any atom is 0.0346 e. The van der Waals surface area contributed by atoms with Crippen molar-refractivity contribution in [1.29, 1.82) is 5.41 Å². The molecule has 0 amide bonds. The number of rotatable bonds is 9. The monoisotopic (exact) mass is 544 g/mol. The lowest BCUT2D eigenvalue weighted by Gasteiger charge is -2.14. The molecule has 0 unspecified atom stereocenters. The summed E-state index contributed by atoms with van der Waals surface area (Å²) < 4.78 is 0. The average molecular weight is 545 g/mol. The zero-order valence-electron chi connectivity index (χ0n) is 23.5. The highest BCUT2D eigenvalue weighted by Crippen LogP contribution is 2.35. The Bertz CT molecular complexity index is 1760. The molecule has 0 spiro atoms. The van der Waals surface area contributed by atoms with Crippen LogP contribution in [0.3, 0.4) is 0 Å². The van der Waals surface area contributed by atoms with Crippen LogP contribution in [0.1, 0.15) is 18.1 Å². The van der Waals surface area contributed by atoms with Gasteiger partial charge in [-0.05, 0) is 136 Å². The molecular formula is C38H32N4. The standard InChI is InChI=1S/C38H32N4/c1-27(8-4-14-39)33-19-34(28(2)9-5-15-40)21-35(20-33)29-10-3-11-30(18-29)36-22-37(31-12-6-16-41-25-31)24-38(23-36)32-13-7-17-42-26-32/h3-26,39H,1,40H2,2H3/b8-4-,15-5-,28-9+,39-14?. The van der Waals surface area contributed by atoms with E-state index in [0.717, 1.165) is 66.8 Å². The van der Waals surface area contributed by atoms with E-state index in [1.807, 2.05) is 42.8 Å². The van der Waals surface area contributed by atoms with Crippen molar-refractivity contribution in [2.75, 3.05) is 0 Å². The van der Waals surface area contributed by atoms with Gasteiger partial charge in [-0.1, -0.05) is 49.1 Å². The second-order valence-electron chi connectivity index (χ2n) is 9.95. The Balaban J connectivity index is 1.64. The molecular weight excluding hydrogens is 512 g/mol. The number of aromatic nitrogens is 2. The number of allylic oxidation sites excluding steroid dienone is 6. The molecule has 0 saturated carbocycles. The highest BCUT2D eigenvalue weighted by atomic mass is 14.6. The number of hydrogen-bond acceptors (Lipinski definition) is 4. The molecule has 0 aliphatic heterocycles. The van der Waals surface area contributed by atoms with Gasteiger partial charge in [0.25, 0.3) is 0 Å². The molecule has 2 aromatic heterocycles. The van der Waals surface area contributed by atoms with Crippen LogP contribution in [-0.2, 0) is 0 Å². The summed E-state index contributed by atoms with van der Waals surface area (Å²) in [4.78, 5) is 8.70. The van der Waals surface area contributed by atoms with E-state index in [4.69, 9.17) is 11.1 Å². The first-order valence-corrected chi connectivity index (χ1v) is 13.7. The van der Waals surface area contributed by atoms with Crippen LogP contribution < -0.4 is 5.73 Å². The van der Waals surface area contributed by atoms with Gasteiger partial charge in [-0.25, -0.2) is 0 Å². The van der Waals surface area contributed by atoms with Gasteiger partial charge >= 0.3 is 0 Å². The van der Waals surface area contributed by atoms with Crippen molar-refractivity contribution >= 4 is 17.4 Å². The predicted octanol–water partition coefficient (Wildman–Crippen LogP) is 9.24. The first-order valence-electron chi connectivity index (χ1n) is 13.7. The lowest BCUT2D eigenvalue weighted by atomic mass is 9.91. The van der Waals surface area contributed by atoms with Crippen LogP contribution >= 0.6 is 0 Å². The van der Waals surface area contributed by atoms with E-state index < -0.39 is 0 Å². The maximum atomic E-state index is 7.38. The van der Waals surface area contributed by atoms with E-state index in [0.29, 0.717) is 0 Å². The van der Waals surface area contributed by atoms with Crippen molar-refractivity contribution in [1.82, 2.24) is 9.97 Å². The van der Waals surface area contributed by atoms with Gasteiger partial charge < -0.3 is 11.1 Å². The largest absolute Gasteiger partial charge is 0.405 e. The van der Waals surface area contributed by atoms with Crippen LogP contribution in [0.2, 0.25) is 0 Å². The van der Waals surface area contributed by atoms with E-state index in [-0.39, 0.29) is 0 Å². The molecule has 4 heteroatoms. The summed E-state index contributed by atoms with van der Waals surface area (Å²) in [6.07, 6.45) is 17.5. The molecule has 0 radical (unpaired) electrons. The molecule has 42 heavy (non-hydrogen) atoms. The summed E-state index contributed by atoms with van der Waals surface area (Å²) in [5, 5.41) is 7.38.